The van der Waals surface area contributed by atoms with Crippen molar-refractivity contribution < 1.29 is 28.9 Å². The third kappa shape index (κ3) is 4.62. The summed E-state index contributed by atoms with van der Waals surface area (Å²) in [6, 6.07) is 0.327. The Bertz CT molecular complexity index is 948. The predicted molar refractivity (Wildman–Crippen MR) is 108 cm³/mol. The van der Waals surface area contributed by atoms with Crippen molar-refractivity contribution in [2.24, 2.45) is 0 Å². The molecule has 2 aromatic heterocycles. The minimum Gasteiger partial charge on any atom is -0.388 e. The average molecular weight is 462 g/mol. The minimum absolute atomic E-state index is 0.0626. The molecule has 1 saturated carbocycles. The maximum atomic E-state index is 11.2. The zero-order chi connectivity index (χ0) is 21.5. The highest BCUT2D eigenvalue weighted by Gasteiger charge is 2.38. The van der Waals surface area contributed by atoms with Gasteiger partial charge in [0.05, 0.1) is 24.3 Å². The maximum Gasteiger partial charge on any atom is 0.353 e. The van der Waals surface area contributed by atoms with E-state index in [9.17, 15) is 9.67 Å². The number of fused-ring (bicyclic) bond motifs is 1. The van der Waals surface area contributed by atoms with Crippen molar-refractivity contribution in [3.05, 3.63) is 11.5 Å². The Hall–Kier alpha value is -1.33. The van der Waals surface area contributed by atoms with Crippen LogP contribution in [-0.2, 0) is 14.0 Å². The van der Waals surface area contributed by atoms with E-state index in [2.05, 4.69) is 20.4 Å². The molecule has 0 amide bonds. The fourth-order valence-corrected chi connectivity index (χ4v) is 4.30. The van der Waals surface area contributed by atoms with Crippen LogP contribution in [0.5, 0.6) is 0 Å². The topological polar surface area (TPSA) is 152 Å². The molecule has 3 heterocycles. The van der Waals surface area contributed by atoms with Crippen molar-refractivity contribution in [1.29, 1.82) is 0 Å². The Labute approximate surface area is 177 Å². The molecule has 0 radical (unpaired) electrons. The van der Waals surface area contributed by atoms with E-state index in [-0.39, 0.29) is 18.3 Å². The molecule has 4 N–H and O–H groups in total. The third-order valence-corrected chi connectivity index (χ3v) is 6.79. The molecule has 1 aliphatic heterocycles. The molecule has 2 aliphatic rings. The number of anilines is 1. The smallest absolute Gasteiger partial charge is 0.353 e. The van der Waals surface area contributed by atoms with E-state index in [1.807, 2.05) is 0 Å². The zero-order valence-electron chi connectivity index (χ0n) is 16.4. The highest BCUT2D eigenvalue weighted by Crippen LogP contribution is 2.42. The Balaban J connectivity index is 1.51. The molecule has 0 aromatic carbocycles. The van der Waals surface area contributed by atoms with Gasteiger partial charge in [-0.15, -0.1) is 0 Å². The number of hydrogen-bond acceptors (Lipinski definition) is 8. The zero-order valence-corrected chi connectivity index (χ0v) is 18.0. The number of nitrogens with zero attached hydrogens (tertiary/aromatic N) is 4. The number of halogens is 1. The normalized spacial score (nSPS) is 26.5. The number of aromatic nitrogens is 4. The Morgan fingerprint density at radius 1 is 1.40 bits per heavy atom. The summed E-state index contributed by atoms with van der Waals surface area (Å²) in [6.45, 7) is 1.23. The van der Waals surface area contributed by atoms with Gasteiger partial charge >= 0.3 is 7.60 Å². The highest BCUT2D eigenvalue weighted by molar-refractivity contribution is 7.52. The lowest BCUT2D eigenvalue weighted by Gasteiger charge is -2.18. The predicted octanol–water partition coefficient (Wildman–Crippen LogP) is 2.02. The first-order valence-electron chi connectivity index (χ1n) is 9.90. The lowest BCUT2D eigenvalue weighted by Crippen LogP contribution is -2.22. The van der Waals surface area contributed by atoms with Gasteiger partial charge in [-0.25, -0.2) is 4.68 Å². The van der Waals surface area contributed by atoms with Crippen LogP contribution in [0.25, 0.3) is 11.0 Å². The van der Waals surface area contributed by atoms with Crippen LogP contribution in [0.4, 0.5) is 5.82 Å². The molecule has 1 saturated heterocycles. The number of ether oxygens (including phenoxy) is 2. The SMILES string of the molecule is CC(OC[C@@H]1C[C@@H](O)[C@H](n2ncc3c(NC4CCCC4)nc(Cl)nc32)O1)P(=O)(O)O. The van der Waals surface area contributed by atoms with Gasteiger partial charge in [0.25, 0.3) is 0 Å². The summed E-state index contributed by atoms with van der Waals surface area (Å²) in [7, 11) is -4.35. The summed E-state index contributed by atoms with van der Waals surface area (Å²) in [4.78, 5) is 26.8. The molecule has 0 bridgehead atoms. The summed E-state index contributed by atoms with van der Waals surface area (Å²) in [5.74, 6) is -0.649. The second kappa shape index (κ2) is 8.66. The van der Waals surface area contributed by atoms with E-state index in [0.717, 1.165) is 12.8 Å². The molecule has 2 fully saturated rings. The van der Waals surface area contributed by atoms with Crippen molar-refractivity contribution in [2.45, 2.75) is 69.4 Å². The molecular weight excluding hydrogens is 437 g/mol. The Morgan fingerprint density at radius 2 is 2.13 bits per heavy atom. The molecular formula is C17H25ClN5O6P. The number of aliphatic hydroxyl groups excluding tert-OH is 1. The summed E-state index contributed by atoms with van der Waals surface area (Å²) in [6.07, 6.45) is 4.04. The van der Waals surface area contributed by atoms with Gasteiger partial charge in [0, 0.05) is 12.5 Å². The summed E-state index contributed by atoms with van der Waals surface area (Å²) in [5, 5.41) is 19.0. The van der Waals surface area contributed by atoms with E-state index in [1.54, 1.807) is 6.20 Å². The number of rotatable bonds is 7. The molecule has 13 heteroatoms. The molecule has 2 aromatic rings. The molecule has 30 heavy (non-hydrogen) atoms. The molecule has 4 rings (SSSR count). The average Bonchev–Trinajstić information content (AvgIpc) is 3.39. The Kier molecular flexibility index (Phi) is 6.32. The van der Waals surface area contributed by atoms with Gasteiger partial charge in [0.1, 0.15) is 11.9 Å². The molecule has 4 atom stereocenters. The number of hydrogen-bond donors (Lipinski definition) is 4. The molecule has 166 valence electrons. The van der Waals surface area contributed by atoms with Gasteiger partial charge in [-0.05, 0) is 31.4 Å². The van der Waals surface area contributed by atoms with E-state index in [1.165, 1.54) is 24.4 Å². The second-order valence-electron chi connectivity index (χ2n) is 7.77. The third-order valence-electron chi connectivity index (χ3n) is 5.53. The second-order valence-corrected chi connectivity index (χ2v) is 10.0. The fraction of sp³-hybridized carbons (Fsp3) is 0.706. The van der Waals surface area contributed by atoms with Crippen LogP contribution < -0.4 is 5.32 Å². The van der Waals surface area contributed by atoms with Crippen LogP contribution in [-0.4, -0.2) is 65.3 Å². The first kappa shape index (κ1) is 21.9. The maximum absolute atomic E-state index is 11.2. The lowest BCUT2D eigenvalue weighted by molar-refractivity contribution is -0.0691. The van der Waals surface area contributed by atoms with Gasteiger partial charge < -0.3 is 29.7 Å². The van der Waals surface area contributed by atoms with Gasteiger partial charge in [-0.2, -0.15) is 15.1 Å². The molecule has 11 nitrogen and oxygen atoms in total. The standard InChI is InChI=1S/C17H25ClN5O6P/c1-9(30(25,26)27)28-8-11-6-13(24)16(29-11)23-15-12(7-19-23)14(21-17(18)22-15)20-10-4-2-3-5-10/h7,9-11,13,16,24H,2-6,8H2,1H3,(H,20,21,22)(H2,25,26,27)/t9?,11-,13+,16+/m0/s1. The lowest BCUT2D eigenvalue weighted by atomic mass is 10.2. The van der Waals surface area contributed by atoms with Gasteiger partial charge in [-0.3, -0.25) is 4.57 Å². The van der Waals surface area contributed by atoms with E-state index in [4.69, 9.17) is 30.9 Å². The fourth-order valence-electron chi connectivity index (χ4n) is 3.86. The van der Waals surface area contributed by atoms with Gasteiger partial charge in [-0.1, -0.05) is 12.8 Å². The van der Waals surface area contributed by atoms with Gasteiger partial charge in [0.2, 0.25) is 5.28 Å². The molecule has 0 spiro atoms. The van der Waals surface area contributed by atoms with Crippen LogP contribution in [0, 0.1) is 0 Å². The summed E-state index contributed by atoms with van der Waals surface area (Å²) in [5.41, 5.74) is 0.435. The van der Waals surface area contributed by atoms with E-state index >= 15 is 0 Å². The number of nitrogens with one attached hydrogen (secondary N) is 1. The van der Waals surface area contributed by atoms with E-state index < -0.39 is 31.9 Å². The van der Waals surface area contributed by atoms with Crippen LogP contribution in [0.2, 0.25) is 5.28 Å². The van der Waals surface area contributed by atoms with Crippen molar-refractivity contribution in [3.63, 3.8) is 0 Å². The first-order chi connectivity index (χ1) is 14.2. The van der Waals surface area contributed by atoms with Crippen LogP contribution in [0.3, 0.4) is 0 Å². The summed E-state index contributed by atoms with van der Waals surface area (Å²) >= 11 is 6.14. The minimum atomic E-state index is -4.35. The largest absolute Gasteiger partial charge is 0.388 e. The highest BCUT2D eigenvalue weighted by atomic mass is 35.5. The number of aliphatic hydroxyl groups is 1. The van der Waals surface area contributed by atoms with Crippen LogP contribution in [0.1, 0.15) is 45.3 Å². The van der Waals surface area contributed by atoms with Crippen molar-refractivity contribution in [2.75, 3.05) is 11.9 Å². The monoisotopic (exact) mass is 461 g/mol. The quantitative estimate of drug-likeness (QED) is 0.356. The van der Waals surface area contributed by atoms with Crippen LogP contribution in [0.15, 0.2) is 6.20 Å². The van der Waals surface area contributed by atoms with Crippen molar-refractivity contribution >= 4 is 36.0 Å². The molecule has 1 unspecified atom stereocenters. The Morgan fingerprint density at radius 3 is 2.83 bits per heavy atom. The van der Waals surface area contributed by atoms with Gasteiger partial charge in [0.15, 0.2) is 17.7 Å². The first-order valence-corrected chi connectivity index (χ1v) is 12.0. The molecule has 1 aliphatic carbocycles. The van der Waals surface area contributed by atoms with Crippen LogP contribution >= 0.6 is 19.2 Å². The summed E-state index contributed by atoms with van der Waals surface area (Å²) < 4.78 is 23.7. The van der Waals surface area contributed by atoms with Crippen molar-refractivity contribution in [1.82, 2.24) is 19.7 Å². The van der Waals surface area contributed by atoms with E-state index in [0.29, 0.717) is 22.9 Å². The van der Waals surface area contributed by atoms with Crippen molar-refractivity contribution in [3.8, 4) is 0 Å².